The summed E-state index contributed by atoms with van der Waals surface area (Å²) in [5.74, 6) is -1.56. The normalized spacial score (nSPS) is 18.9. The first-order valence-electron chi connectivity index (χ1n) is 9.62. The van der Waals surface area contributed by atoms with E-state index in [0.29, 0.717) is 5.95 Å². The minimum atomic E-state index is -0.687. The molecule has 4 rings (SSSR count). The highest BCUT2D eigenvalue weighted by atomic mass is 19.1. The second kappa shape index (κ2) is 8.07. The van der Waals surface area contributed by atoms with Crippen molar-refractivity contribution in [1.29, 1.82) is 0 Å². The molecule has 0 fully saturated rings. The maximum absolute atomic E-state index is 14.1. The molecule has 3 aromatic rings. The number of nitrogens with zero attached hydrogens (tertiary/aromatic N) is 2. The van der Waals surface area contributed by atoms with E-state index in [2.05, 4.69) is 21.4 Å². The first-order valence-corrected chi connectivity index (χ1v) is 9.62. The van der Waals surface area contributed by atoms with Gasteiger partial charge < -0.3 is 5.32 Å². The molecule has 29 heavy (non-hydrogen) atoms. The van der Waals surface area contributed by atoms with E-state index in [1.54, 1.807) is 25.4 Å². The molecule has 2 aromatic carbocycles. The molecule has 1 aliphatic rings. The van der Waals surface area contributed by atoms with E-state index in [-0.39, 0.29) is 29.7 Å². The molecule has 0 aliphatic heterocycles. The van der Waals surface area contributed by atoms with E-state index < -0.39 is 17.6 Å². The number of benzene rings is 2. The van der Waals surface area contributed by atoms with Gasteiger partial charge in [0.25, 0.3) is 0 Å². The Morgan fingerprint density at radius 2 is 1.90 bits per heavy atom. The summed E-state index contributed by atoms with van der Waals surface area (Å²) in [5.41, 5.74) is 2.53. The van der Waals surface area contributed by atoms with Crippen LogP contribution in [-0.2, 0) is 11.2 Å². The Balaban J connectivity index is 1.55. The van der Waals surface area contributed by atoms with Crippen LogP contribution in [0.4, 0.5) is 14.7 Å². The van der Waals surface area contributed by atoms with Gasteiger partial charge in [0.1, 0.15) is 17.4 Å². The highest BCUT2D eigenvalue weighted by Crippen LogP contribution is 2.40. The average molecular weight is 393 g/mol. The van der Waals surface area contributed by atoms with Crippen molar-refractivity contribution < 1.29 is 13.6 Å². The van der Waals surface area contributed by atoms with Crippen molar-refractivity contribution in [2.24, 2.45) is 5.92 Å². The molecular weight excluding hydrogens is 372 g/mol. The molecule has 0 saturated heterocycles. The molecule has 4 nitrogen and oxygen atoms in total. The van der Waals surface area contributed by atoms with Gasteiger partial charge in [-0.3, -0.25) is 4.79 Å². The van der Waals surface area contributed by atoms with E-state index in [9.17, 15) is 13.6 Å². The van der Waals surface area contributed by atoms with Gasteiger partial charge in [-0.15, -0.1) is 0 Å². The van der Waals surface area contributed by atoms with Gasteiger partial charge >= 0.3 is 0 Å². The molecule has 0 bridgehead atoms. The quantitative estimate of drug-likeness (QED) is 0.651. The van der Waals surface area contributed by atoms with E-state index in [1.165, 1.54) is 17.7 Å². The number of carbonyl (C=O) groups is 1. The zero-order valence-corrected chi connectivity index (χ0v) is 16.0. The van der Waals surface area contributed by atoms with Crippen LogP contribution in [0.2, 0.25) is 0 Å². The molecule has 0 unspecified atom stereocenters. The van der Waals surface area contributed by atoms with Crippen molar-refractivity contribution in [3.8, 4) is 0 Å². The van der Waals surface area contributed by atoms with Crippen LogP contribution in [0.25, 0.3) is 0 Å². The molecule has 6 heteroatoms. The smallest absolute Gasteiger partial charge is 0.223 e. The number of hydrogen-bond donors (Lipinski definition) is 1. The number of hydrogen-bond acceptors (Lipinski definition) is 4. The van der Waals surface area contributed by atoms with Crippen molar-refractivity contribution in [2.45, 2.75) is 31.7 Å². The number of Topliss-reactive ketones (excluding diaryl/α,β-unsaturated/α-hetero) is 1. The largest absolute Gasteiger partial charge is 0.347 e. The average Bonchev–Trinajstić information content (AvgIpc) is 3.05. The van der Waals surface area contributed by atoms with Crippen LogP contribution >= 0.6 is 0 Å². The molecule has 0 spiro atoms. The summed E-state index contributed by atoms with van der Waals surface area (Å²) in [6.45, 7) is 1.67. The summed E-state index contributed by atoms with van der Waals surface area (Å²) in [5, 5.41) is 3.35. The minimum Gasteiger partial charge on any atom is -0.347 e. The summed E-state index contributed by atoms with van der Waals surface area (Å²) in [6.07, 6.45) is 4.34. The lowest BCUT2D eigenvalue weighted by molar-refractivity contribution is -0.121. The number of rotatable bonds is 6. The van der Waals surface area contributed by atoms with Crippen LogP contribution in [-0.4, -0.2) is 15.8 Å². The SMILES string of the molecule is C[C@H](C(=O)C[C@H]1Cc2ccccc2[C@@H]1Nc1ncccn1)c1ccc(F)cc1F. The van der Waals surface area contributed by atoms with Gasteiger partial charge in [-0.2, -0.15) is 0 Å². The summed E-state index contributed by atoms with van der Waals surface area (Å²) in [6, 6.07) is 13.1. The molecule has 1 aliphatic carbocycles. The Labute approximate surface area is 168 Å². The summed E-state index contributed by atoms with van der Waals surface area (Å²) >= 11 is 0. The lowest BCUT2D eigenvalue weighted by Crippen LogP contribution is -2.23. The van der Waals surface area contributed by atoms with E-state index in [4.69, 9.17) is 0 Å². The summed E-state index contributed by atoms with van der Waals surface area (Å²) in [7, 11) is 0. The van der Waals surface area contributed by atoms with Crippen molar-refractivity contribution in [3.63, 3.8) is 0 Å². The first-order chi connectivity index (χ1) is 14.0. The lowest BCUT2D eigenvalue weighted by Gasteiger charge is -2.23. The molecule has 148 valence electrons. The lowest BCUT2D eigenvalue weighted by atomic mass is 9.87. The molecular formula is C23H21F2N3O. The van der Waals surface area contributed by atoms with Gasteiger partial charge in [0.05, 0.1) is 6.04 Å². The monoisotopic (exact) mass is 393 g/mol. The number of carbonyl (C=O) groups excluding carboxylic acids is 1. The third-order valence-electron chi connectivity index (χ3n) is 5.57. The summed E-state index contributed by atoms with van der Waals surface area (Å²) in [4.78, 5) is 21.4. The zero-order chi connectivity index (χ0) is 20.4. The van der Waals surface area contributed by atoms with Crippen LogP contribution in [0.3, 0.4) is 0 Å². The van der Waals surface area contributed by atoms with Crippen molar-refractivity contribution >= 4 is 11.7 Å². The Hall–Kier alpha value is -3.15. The fourth-order valence-electron chi connectivity index (χ4n) is 4.04. The Morgan fingerprint density at radius 1 is 1.14 bits per heavy atom. The maximum Gasteiger partial charge on any atom is 0.223 e. The third-order valence-corrected chi connectivity index (χ3v) is 5.57. The highest BCUT2D eigenvalue weighted by molar-refractivity contribution is 5.85. The van der Waals surface area contributed by atoms with Crippen LogP contribution in [0.15, 0.2) is 60.9 Å². The Kier molecular flexibility index (Phi) is 5.34. The van der Waals surface area contributed by atoms with E-state index >= 15 is 0 Å². The van der Waals surface area contributed by atoms with E-state index in [0.717, 1.165) is 18.1 Å². The number of nitrogens with one attached hydrogen (secondary N) is 1. The highest BCUT2D eigenvalue weighted by Gasteiger charge is 2.35. The second-order valence-corrected chi connectivity index (χ2v) is 7.42. The molecule has 1 aromatic heterocycles. The molecule has 1 N–H and O–H groups in total. The molecule has 0 saturated carbocycles. The van der Waals surface area contributed by atoms with Gasteiger partial charge in [-0.25, -0.2) is 18.7 Å². The topological polar surface area (TPSA) is 54.9 Å². The van der Waals surface area contributed by atoms with Gasteiger partial charge in [0.2, 0.25) is 5.95 Å². The molecule has 0 radical (unpaired) electrons. The Bertz CT molecular complexity index is 1030. The van der Waals surface area contributed by atoms with Crippen molar-refractivity contribution in [1.82, 2.24) is 9.97 Å². The minimum absolute atomic E-state index is 0.00494. The number of halogens is 2. The van der Waals surface area contributed by atoms with Crippen LogP contribution in [0.5, 0.6) is 0 Å². The molecule has 0 amide bonds. The third kappa shape index (κ3) is 4.01. The zero-order valence-electron chi connectivity index (χ0n) is 16.0. The first kappa shape index (κ1) is 19.2. The van der Waals surface area contributed by atoms with Gasteiger partial charge in [-0.1, -0.05) is 37.3 Å². The number of aromatic nitrogens is 2. The number of anilines is 1. The fraction of sp³-hybridized carbons (Fsp3) is 0.261. The Morgan fingerprint density at radius 3 is 2.66 bits per heavy atom. The van der Waals surface area contributed by atoms with Crippen molar-refractivity contribution in [2.75, 3.05) is 5.32 Å². The van der Waals surface area contributed by atoms with Gasteiger partial charge in [0.15, 0.2) is 0 Å². The van der Waals surface area contributed by atoms with Gasteiger partial charge in [-0.05, 0) is 41.2 Å². The predicted octanol–water partition coefficient (Wildman–Crippen LogP) is 4.84. The van der Waals surface area contributed by atoms with E-state index in [1.807, 2.05) is 18.2 Å². The standard InChI is InChI=1S/C23H21F2N3O/c1-14(18-8-7-17(24)13-20(18)25)21(29)12-16-11-15-5-2-3-6-19(15)22(16)28-23-26-9-4-10-27-23/h2-10,13-14,16,22H,11-12H2,1H3,(H,26,27,28)/t14-,16+,22+/m0/s1. The number of fused-ring (bicyclic) bond motifs is 1. The van der Waals surface area contributed by atoms with Crippen LogP contribution in [0.1, 0.15) is 42.0 Å². The maximum atomic E-state index is 14.1. The van der Waals surface area contributed by atoms with Crippen LogP contribution in [0, 0.1) is 17.6 Å². The summed E-state index contributed by atoms with van der Waals surface area (Å²) < 4.78 is 27.3. The van der Waals surface area contributed by atoms with Crippen LogP contribution < -0.4 is 5.32 Å². The predicted molar refractivity (Wildman–Crippen MR) is 106 cm³/mol. The van der Waals surface area contributed by atoms with Gasteiger partial charge in [0, 0.05) is 30.8 Å². The molecule has 3 atom stereocenters. The van der Waals surface area contributed by atoms with Crippen molar-refractivity contribution in [3.05, 3.63) is 89.2 Å². The number of ketones is 1. The fourth-order valence-corrected chi connectivity index (χ4v) is 4.04. The molecule has 1 heterocycles. The second-order valence-electron chi connectivity index (χ2n) is 7.42.